The molecule has 2 heterocycles. The van der Waals surface area contributed by atoms with Gasteiger partial charge in [-0.1, -0.05) is 6.92 Å². The van der Waals surface area contributed by atoms with Gasteiger partial charge in [-0.2, -0.15) is 0 Å². The van der Waals surface area contributed by atoms with Gasteiger partial charge in [0.1, 0.15) is 6.54 Å². The molecule has 0 saturated carbocycles. The SMILES string of the molecule is CC1CCCN(C(=O)Cn2ccc3cc([N+](=O)[O-])ccc32)CC1. The van der Waals surface area contributed by atoms with E-state index in [9.17, 15) is 14.9 Å². The highest BCUT2D eigenvalue weighted by Crippen LogP contribution is 2.22. The van der Waals surface area contributed by atoms with Crippen molar-refractivity contribution in [3.63, 3.8) is 0 Å². The van der Waals surface area contributed by atoms with Crippen molar-refractivity contribution in [1.29, 1.82) is 0 Å². The van der Waals surface area contributed by atoms with Crippen LogP contribution in [0, 0.1) is 16.0 Å². The Bertz CT molecular complexity index is 738. The van der Waals surface area contributed by atoms with Gasteiger partial charge in [-0.3, -0.25) is 14.9 Å². The number of carbonyl (C=O) groups is 1. The third-order valence-corrected chi connectivity index (χ3v) is 4.64. The Balaban J connectivity index is 1.76. The van der Waals surface area contributed by atoms with Gasteiger partial charge in [-0.05, 0) is 37.3 Å². The van der Waals surface area contributed by atoms with E-state index in [4.69, 9.17) is 0 Å². The summed E-state index contributed by atoms with van der Waals surface area (Å²) in [6.07, 6.45) is 5.13. The lowest BCUT2D eigenvalue weighted by atomic mass is 10.0. The maximum absolute atomic E-state index is 12.5. The number of carbonyl (C=O) groups excluding carboxylic acids is 1. The molecule has 1 aliphatic heterocycles. The predicted molar refractivity (Wildman–Crippen MR) is 88.2 cm³/mol. The van der Waals surface area contributed by atoms with Crippen molar-refractivity contribution in [1.82, 2.24) is 9.47 Å². The van der Waals surface area contributed by atoms with Crippen molar-refractivity contribution in [2.45, 2.75) is 32.7 Å². The predicted octanol–water partition coefficient (Wildman–Crippen LogP) is 3.20. The van der Waals surface area contributed by atoms with Gasteiger partial charge in [0.05, 0.1) is 4.92 Å². The van der Waals surface area contributed by atoms with E-state index in [0.29, 0.717) is 5.92 Å². The number of nitro benzene ring substituents is 1. The van der Waals surface area contributed by atoms with Crippen LogP contribution in [0.1, 0.15) is 26.2 Å². The van der Waals surface area contributed by atoms with Crippen LogP contribution in [0.2, 0.25) is 0 Å². The lowest BCUT2D eigenvalue weighted by Crippen LogP contribution is -2.34. The first-order valence-electron chi connectivity index (χ1n) is 8.05. The first-order chi connectivity index (χ1) is 11.0. The highest BCUT2D eigenvalue weighted by atomic mass is 16.6. The highest BCUT2D eigenvalue weighted by Gasteiger charge is 2.19. The lowest BCUT2D eigenvalue weighted by Gasteiger charge is -2.21. The third-order valence-electron chi connectivity index (χ3n) is 4.64. The molecule has 122 valence electrons. The zero-order valence-electron chi connectivity index (χ0n) is 13.3. The van der Waals surface area contributed by atoms with Crippen LogP contribution in [-0.4, -0.2) is 33.4 Å². The smallest absolute Gasteiger partial charge is 0.270 e. The largest absolute Gasteiger partial charge is 0.341 e. The van der Waals surface area contributed by atoms with Gasteiger partial charge in [0.25, 0.3) is 5.69 Å². The van der Waals surface area contributed by atoms with Gasteiger partial charge in [0, 0.05) is 42.3 Å². The Morgan fingerprint density at radius 2 is 2.13 bits per heavy atom. The molecule has 1 amide bonds. The highest BCUT2D eigenvalue weighted by molar-refractivity contribution is 5.85. The summed E-state index contributed by atoms with van der Waals surface area (Å²) in [7, 11) is 0. The van der Waals surface area contributed by atoms with Gasteiger partial charge in [-0.15, -0.1) is 0 Å². The monoisotopic (exact) mass is 315 g/mol. The summed E-state index contributed by atoms with van der Waals surface area (Å²) < 4.78 is 1.87. The summed E-state index contributed by atoms with van der Waals surface area (Å²) in [4.78, 5) is 24.9. The number of non-ortho nitro benzene ring substituents is 1. The number of fused-ring (bicyclic) bond motifs is 1. The molecule has 1 aromatic heterocycles. The van der Waals surface area contributed by atoms with Crippen molar-refractivity contribution < 1.29 is 9.72 Å². The first-order valence-corrected chi connectivity index (χ1v) is 8.05. The summed E-state index contributed by atoms with van der Waals surface area (Å²) in [6, 6.07) is 6.56. The normalized spacial score (nSPS) is 18.8. The van der Waals surface area contributed by atoms with Crippen LogP contribution < -0.4 is 0 Å². The van der Waals surface area contributed by atoms with Crippen molar-refractivity contribution in [2.75, 3.05) is 13.1 Å². The first kappa shape index (κ1) is 15.5. The summed E-state index contributed by atoms with van der Waals surface area (Å²) in [6.45, 7) is 4.18. The molecule has 1 fully saturated rings. The number of nitro groups is 1. The van der Waals surface area contributed by atoms with E-state index in [1.807, 2.05) is 21.7 Å². The maximum atomic E-state index is 12.5. The minimum Gasteiger partial charge on any atom is -0.341 e. The molecule has 0 spiro atoms. The molecule has 6 nitrogen and oxygen atoms in total. The summed E-state index contributed by atoms with van der Waals surface area (Å²) >= 11 is 0. The zero-order valence-corrected chi connectivity index (χ0v) is 13.3. The average Bonchev–Trinajstić information content (AvgIpc) is 2.78. The number of amides is 1. The maximum Gasteiger partial charge on any atom is 0.270 e. The van der Waals surface area contributed by atoms with Crippen molar-refractivity contribution in [3.8, 4) is 0 Å². The minimum atomic E-state index is -0.402. The second-order valence-corrected chi connectivity index (χ2v) is 6.36. The zero-order chi connectivity index (χ0) is 16.4. The average molecular weight is 315 g/mol. The van der Waals surface area contributed by atoms with Crippen LogP contribution >= 0.6 is 0 Å². The second-order valence-electron chi connectivity index (χ2n) is 6.36. The second kappa shape index (κ2) is 6.40. The van der Waals surface area contributed by atoms with Crippen molar-refractivity contribution >= 4 is 22.5 Å². The van der Waals surface area contributed by atoms with E-state index in [2.05, 4.69) is 6.92 Å². The molecule has 1 atom stereocenters. The van der Waals surface area contributed by atoms with Crippen LogP contribution in [0.5, 0.6) is 0 Å². The van der Waals surface area contributed by atoms with Crippen molar-refractivity contribution in [2.24, 2.45) is 5.92 Å². The molecule has 6 heteroatoms. The third kappa shape index (κ3) is 3.36. The standard InChI is InChI=1S/C17H21N3O3/c1-13-3-2-8-18(9-6-13)17(21)12-19-10-7-14-11-15(20(22)23)4-5-16(14)19/h4-5,7,10-11,13H,2-3,6,8-9,12H2,1H3. The fourth-order valence-electron chi connectivity index (χ4n) is 3.20. The Labute approximate surface area is 134 Å². The van der Waals surface area contributed by atoms with E-state index in [0.717, 1.165) is 36.8 Å². The van der Waals surface area contributed by atoms with Gasteiger partial charge in [0.15, 0.2) is 0 Å². The van der Waals surface area contributed by atoms with E-state index in [1.165, 1.54) is 12.5 Å². The Hall–Kier alpha value is -2.37. The number of nitrogens with zero attached hydrogens (tertiary/aromatic N) is 3. The molecule has 2 aromatic rings. The summed E-state index contributed by atoms with van der Waals surface area (Å²) in [5.41, 5.74) is 0.926. The molecule has 1 aliphatic rings. The quantitative estimate of drug-likeness (QED) is 0.645. The van der Waals surface area contributed by atoms with Crippen molar-refractivity contribution in [3.05, 3.63) is 40.6 Å². The van der Waals surface area contributed by atoms with E-state index < -0.39 is 4.92 Å². The van der Waals surface area contributed by atoms with Crippen LogP contribution in [0.15, 0.2) is 30.5 Å². The van der Waals surface area contributed by atoms with E-state index >= 15 is 0 Å². The molecule has 0 radical (unpaired) electrons. The number of hydrogen-bond donors (Lipinski definition) is 0. The Morgan fingerprint density at radius 1 is 1.30 bits per heavy atom. The Morgan fingerprint density at radius 3 is 2.91 bits per heavy atom. The molecular weight excluding hydrogens is 294 g/mol. The van der Waals surface area contributed by atoms with Crippen LogP contribution in [0.3, 0.4) is 0 Å². The number of benzene rings is 1. The molecule has 0 aliphatic carbocycles. The van der Waals surface area contributed by atoms with Gasteiger partial charge in [0.2, 0.25) is 5.91 Å². The van der Waals surface area contributed by atoms with Crippen LogP contribution in [0.25, 0.3) is 10.9 Å². The molecule has 0 bridgehead atoms. The van der Waals surface area contributed by atoms with Crippen LogP contribution in [0.4, 0.5) is 5.69 Å². The molecule has 1 aromatic carbocycles. The molecular formula is C17H21N3O3. The fraction of sp³-hybridized carbons (Fsp3) is 0.471. The number of likely N-dealkylation sites (tertiary alicyclic amines) is 1. The lowest BCUT2D eigenvalue weighted by molar-refractivity contribution is -0.384. The number of rotatable bonds is 3. The number of aromatic nitrogens is 1. The minimum absolute atomic E-state index is 0.0723. The van der Waals surface area contributed by atoms with E-state index in [-0.39, 0.29) is 18.1 Å². The van der Waals surface area contributed by atoms with Gasteiger partial charge >= 0.3 is 0 Å². The van der Waals surface area contributed by atoms with Gasteiger partial charge in [-0.25, -0.2) is 0 Å². The molecule has 3 rings (SSSR count). The summed E-state index contributed by atoms with van der Waals surface area (Å²) in [5, 5.41) is 11.6. The molecule has 0 N–H and O–H groups in total. The van der Waals surface area contributed by atoms with Crippen LogP contribution in [-0.2, 0) is 11.3 Å². The molecule has 1 unspecified atom stereocenters. The molecule has 23 heavy (non-hydrogen) atoms. The topological polar surface area (TPSA) is 68.4 Å². The fourth-order valence-corrected chi connectivity index (χ4v) is 3.20. The van der Waals surface area contributed by atoms with E-state index in [1.54, 1.807) is 12.1 Å². The summed E-state index contributed by atoms with van der Waals surface area (Å²) in [5.74, 6) is 0.802. The van der Waals surface area contributed by atoms with Gasteiger partial charge < -0.3 is 9.47 Å². The molecule has 1 saturated heterocycles. The Kier molecular flexibility index (Phi) is 4.32. The number of hydrogen-bond acceptors (Lipinski definition) is 3.